The van der Waals surface area contributed by atoms with E-state index in [4.69, 9.17) is 4.74 Å². The van der Waals surface area contributed by atoms with Gasteiger partial charge in [-0.25, -0.2) is 0 Å². The molecule has 2 nitrogen and oxygen atoms in total. The summed E-state index contributed by atoms with van der Waals surface area (Å²) in [6.07, 6.45) is 5.33. The minimum absolute atomic E-state index is 0.498. The van der Waals surface area contributed by atoms with E-state index in [2.05, 4.69) is 18.8 Å². The summed E-state index contributed by atoms with van der Waals surface area (Å²) in [7, 11) is 0. The minimum Gasteiger partial charge on any atom is -0.380 e. The normalized spacial score (nSPS) is 12.8. The summed E-state index contributed by atoms with van der Waals surface area (Å²) in [6, 6.07) is 0.498. The van der Waals surface area contributed by atoms with Crippen LogP contribution in [0.2, 0.25) is 0 Å². The number of rotatable bonds is 9. The van der Waals surface area contributed by atoms with Gasteiger partial charge in [-0.1, -0.05) is 13.0 Å². The number of hydrogen-bond donors (Lipinski definition) is 1. The Morgan fingerprint density at radius 3 is 2.77 bits per heavy atom. The van der Waals surface area contributed by atoms with Crippen LogP contribution in [0.4, 0.5) is 0 Å². The molecular formula is C11H23NO. The number of allylic oxidation sites excluding steroid dienone is 1. The van der Waals surface area contributed by atoms with Crippen molar-refractivity contribution >= 4 is 0 Å². The van der Waals surface area contributed by atoms with Gasteiger partial charge in [-0.2, -0.15) is 0 Å². The number of nitrogens with one attached hydrogen (secondary N) is 1. The van der Waals surface area contributed by atoms with E-state index >= 15 is 0 Å². The summed E-state index contributed by atoms with van der Waals surface area (Å²) in [6.45, 7) is 10.6. The van der Waals surface area contributed by atoms with E-state index in [-0.39, 0.29) is 0 Å². The van der Waals surface area contributed by atoms with E-state index in [1.165, 1.54) is 6.42 Å². The van der Waals surface area contributed by atoms with Gasteiger partial charge in [0, 0.05) is 12.6 Å². The molecule has 0 aromatic heterocycles. The molecule has 0 aliphatic heterocycles. The van der Waals surface area contributed by atoms with E-state index in [0.29, 0.717) is 6.04 Å². The molecule has 0 spiro atoms. The van der Waals surface area contributed by atoms with Gasteiger partial charge in [-0.15, -0.1) is 6.58 Å². The molecule has 0 radical (unpaired) electrons. The lowest BCUT2D eigenvalue weighted by Crippen LogP contribution is -2.34. The molecule has 13 heavy (non-hydrogen) atoms. The Hall–Kier alpha value is -0.340. The predicted molar refractivity (Wildman–Crippen MR) is 58.0 cm³/mol. The first-order valence-corrected chi connectivity index (χ1v) is 5.27. The zero-order valence-electron chi connectivity index (χ0n) is 9.01. The van der Waals surface area contributed by atoms with Crippen molar-refractivity contribution in [1.29, 1.82) is 0 Å². The predicted octanol–water partition coefficient (Wildman–Crippen LogP) is 2.36. The summed E-state index contributed by atoms with van der Waals surface area (Å²) in [5.74, 6) is 0. The van der Waals surface area contributed by atoms with Gasteiger partial charge in [0.2, 0.25) is 0 Å². The molecule has 0 bridgehead atoms. The summed E-state index contributed by atoms with van der Waals surface area (Å²) in [5.41, 5.74) is 0. The fourth-order valence-corrected chi connectivity index (χ4v) is 1.17. The third-order valence-corrected chi connectivity index (χ3v) is 1.93. The van der Waals surface area contributed by atoms with Crippen LogP contribution in [-0.4, -0.2) is 25.8 Å². The Bertz CT molecular complexity index is 107. The van der Waals surface area contributed by atoms with Crippen LogP contribution in [0.15, 0.2) is 12.7 Å². The van der Waals surface area contributed by atoms with Crippen molar-refractivity contribution in [2.24, 2.45) is 0 Å². The highest BCUT2D eigenvalue weighted by molar-refractivity contribution is 4.73. The van der Waals surface area contributed by atoms with Crippen molar-refractivity contribution in [2.45, 2.75) is 39.2 Å². The van der Waals surface area contributed by atoms with Gasteiger partial charge in [0.05, 0.1) is 6.61 Å². The molecule has 0 amide bonds. The molecule has 78 valence electrons. The van der Waals surface area contributed by atoms with Crippen molar-refractivity contribution < 1.29 is 4.74 Å². The summed E-state index contributed by atoms with van der Waals surface area (Å²) >= 11 is 0. The van der Waals surface area contributed by atoms with Gasteiger partial charge in [0.25, 0.3) is 0 Å². The number of hydrogen-bond acceptors (Lipinski definition) is 2. The first-order valence-electron chi connectivity index (χ1n) is 5.27. The lowest BCUT2D eigenvalue weighted by molar-refractivity contribution is 0.120. The number of ether oxygens (including phenoxy) is 1. The molecule has 1 N–H and O–H groups in total. The molecule has 1 atom stereocenters. The molecule has 0 aromatic carbocycles. The van der Waals surface area contributed by atoms with Crippen molar-refractivity contribution in [1.82, 2.24) is 5.32 Å². The van der Waals surface area contributed by atoms with E-state index < -0.39 is 0 Å². The molecule has 0 saturated heterocycles. The van der Waals surface area contributed by atoms with Gasteiger partial charge in [0.1, 0.15) is 0 Å². The highest BCUT2D eigenvalue weighted by Gasteiger charge is 2.05. The monoisotopic (exact) mass is 185 g/mol. The van der Waals surface area contributed by atoms with Crippen LogP contribution < -0.4 is 5.32 Å². The standard InChI is InChI=1S/C11H23NO/c1-4-7-8-11(10-13-6-3)12-9-5-2/h4,11-12H,1,5-10H2,2-3H3. The molecule has 0 rings (SSSR count). The van der Waals surface area contributed by atoms with Crippen molar-refractivity contribution in [3.05, 3.63) is 12.7 Å². The van der Waals surface area contributed by atoms with Gasteiger partial charge >= 0.3 is 0 Å². The molecule has 0 fully saturated rings. The molecule has 0 aromatic rings. The maximum Gasteiger partial charge on any atom is 0.0619 e. The smallest absolute Gasteiger partial charge is 0.0619 e. The molecule has 0 aliphatic rings. The SMILES string of the molecule is C=CCCC(COCC)NCCC. The fourth-order valence-electron chi connectivity index (χ4n) is 1.17. The zero-order chi connectivity index (χ0) is 9.94. The molecule has 0 saturated carbocycles. The first kappa shape index (κ1) is 12.7. The van der Waals surface area contributed by atoms with Crippen LogP contribution in [0.5, 0.6) is 0 Å². The Balaban J connectivity index is 3.52. The van der Waals surface area contributed by atoms with Crippen LogP contribution in [0, 0.1) is 0 Å². The van der Waals surface area contributed by atoms with Crippen LogP contribution in [0.1, 0.15) is 33.1 Å². The van der Waals surface area contributed by atoms with Gasteiger partial charge in [0.15, 0.2) is 0 Å². The molecule has 0 aliphatic carbocycles. The lowest BCUT2D eigenvalue weighted by Gasteiger charge is -2.17. The summed E-state index contributed by atoms with van der Waals surface area (Å²) in [5, 5.41) is 3.47. The van der Waals surface area contributed by atoms with E-state index in [9.17, 15) is 0 Å². The highest BCUT2D eigenvalue weighted by Crippen LogP contribution is 1.99. The van der Waals surface area contributed by atoms with E-state index in [0.717, 1.165) is 32.6 Å². The average Bonchev–Trinajstić information content (AvgIpc) is 2.17. The van der Waals surface area contributed by atoms with Gasteiger partial charge in [-0.3, -0.25) is 0 Å². The minimum atomic E-state index is 0.498. The Labute approximate surface area is 82.4 Å². The largest absolute Gasteiger partial charge is 0.380 e. The second kappa shape index (κ2) is 9.75. The molecular weight excluding hydrogens is 162 g/mol. The van der Waals surface area contributed by atoms with E-state index in [1.807, 2.05) is 13.0 Å². The fraction of sp³-hybridized carbons (Fsp3) is 0.818. The van der Waals surface area contributed by atoms with Crippen LogP contribution >= 0.6 is 0 Å². The quantitative estimate of drug-likeness (QED) is 0.557. The Morgan fingerprint density at radius 2 is 2.23 bits per heavy atom. The van der Waals surface area contributed by atoms with Crippen LogP contribution in [0.3, 0.4) is 0 Å². The lowest BCUT2D eigenvalue weighted by atomic mass is 10.1. The molecule has 1 unspecified atom stereocenters. The maximum atomic E-state index is 5.39. The zero-order valence-corrected chi connectivity index (χ0v) is 9.01. The van der Waals surface area contributed by atoms with E-state index in [1.54, 1.807) is 0 Å². The topological polar surface area (TPSA) is 21.3 Å². The molecule has 2 heteroatoms. The average molecular weight is 185 g/mol. The molecule has 0 heterocycles. The van der Waals surface area contributed by atoms with Crippen LogP contribution in [-0.2, 0) is 4.74 Å². The summed E-state index contributed by atoms with van der Waals surface area (Å²) in [4.78, 5) is 0. The summed E-state index contributed by atoms with van der Waals surface area (Å²) < 4.78 is 5.39. The maximum absolute atomic E-state index is 5.39. The van der Waals surface area contributed by atoms with Gasteiger partial charge < -0.3 is 10.1 Å². The second-order valence-corrected chi connectivity index (χ2v) is 3.18. The van der Waals surface area contributed by atoms with Crippen molar-refractivity contribution in [3.8, 4) is 0 Å². The van der Waals surface area contributed by atoms with Crippen LogP contribution in [0.25, 0.3) is 0 Å². The Morgan fingerprint density at radius 1 is 1.46 bits per heavy atom. The second-order valence-electron chi connectivity index (χ2n) is 3.18. The third-order valence-electron chi connectivity index (χ3n) is 1.93. The van der Waals surface area contributed by atoms with Crippen molar-refractivity contribution in [2.75, 3.05) is 19.8 Å². The highest BCUT2D eigenvalue weighted by atomic mass is 16.5. The van der Waals surface area contributed by atoms with Crippen molar-refractivity contribution in [3.63, 3.8) is 0 Å². The first-order chi connectivity index (χ1) is 6.35. The third kappa shape index (κ3) is 8.00. The Kier molecular flexibility index (Phi) is 9.49. The van der Waals surface area contributed by atoms with Gasteiger partial charge in [-0.05, 0) is 32.7 Å².